The molecule has 98 valence electrons. The molecule has 0 unspecified atom stereocenters. The summed E-state index contributed by atoms with van der Waals surface area (Å²) in [5.41, 5.74) is 0.578. The third-order valence-electron chi connectivity index (χ3n) is 2.85. The number of hydrogen-bond donors (Lipinski definition) is 1. The number of halogens is 2. The van der Waals surface area contributed by atoms with Gasteiger partial charge in [0.2, 0.25) is 0 Å². The molecule has 0 bridgehead atoms. The van der Waals surface area contributed by atoms with Gasteiger partial charge in [-0.25, -0.2) is 0 Å². The maximum atomic E-state index is 12.3. The molecule has 6 heteroatoms. The van der Waals surface area contributed by atoms with Gasteiger partial charge in [-0.2, -0.15) is 0 Å². The number of nitrogens with one attached hydrogen (secondary N) is 1. The second kappa shape index (κ2) is 5.91. The van der Waals surface area contributed by atoms with Gasteiger partial charge >= 0.3 is 0 Å². The van der Waals surface area contributed by atoms with Crippen molar-refractivity contribution in [2.75, 3.05) is 33.3 Å². The van der Waals surface area contributed by atoms with Crippen molar-refractivity contribution in [2.24, 2.45) is 0 Å². The van der Waals surface area contributed by atoms with E-state index in [0.29, 0.717) is 20.8 Å². The monoisotopic (exact) mass is 332 g/mol. The summed E-state index contributed by atoms with van der Waals surface area (Å²) in [7, 11) is 1.55. The van der Waals surface area contributed by atoms with Crippen molar-refractivity contribution in [1.82, 2.24) is 10.2 Å². The van der Waals surface area contributed by atoms with Gasteiger partial charge in [-0.15, -0.1) is 0 Å². The highest BCUT2D eigenvalue weighted by molar-refractivity contribution is 9.10. The van der Waals surface area contributed by atoms with Gasteiger partial charge in [-0.1, -0.05) is 11.6 Å². The summed E-state index contributed by atoms with van der Waals surface area (Å²) in [4.78, 5) is 14.1. The smallest absolute Gasteiger partial charge is 0.254 e. The number of hydrogen-bond acceptors (Lipinski definition) is 3. The largest absolute Gasteiger partial charge is 0.494 e. The van der Waals surface area contributed by atoms with E-state index in [1.54, 1.807) is 19.2 Å². The molecule has 1 aromatic carbocycles. The molecule has 1 aliphatic rings. The lowest BCUT2D eigenvalue weighted by Gasteiger charge is -2.27. The number of nitrogens with zero attached hydrogens (tertiary/aromatic N) is 1. The van der Waals surface area contributed by atoms with E-state index in [1.165, 1.54) is 0 Å². The Labute approximate surface area is 119 Å². The molecule has 0 atom stereocenters. The number of ether oxygens (including phenoxy) is 1. The van der Waals surface area contributed by atoms with Crippen molar-refractivity contribution in [1.29, 1.82) is 0 Å². The van der Waals surface area contributed by atoms with Gasteiger partial charge in [0.1, 0.15) is 0 Å². The molecule has 0 spiro atoms. The number of methoxy groups -OCH3 is 1. The molecule has 1 aliphatic heterocycles. The molecule has 1 saturated heterocycles. The maximum Gasteiger partial charge on any atom is 0.254 e. The lowest BCUT2D eigenvalue weighted by atomic mass is 10.1. The van der Waals surface area contributed by atoms with E-state index in [4.69, 9.17) is 16.3 Å². The Bertz CT molecular complexity index is 438. The Morgan fingerprint density at radius 1 is 1.44 bits per heavy atom. The van der Waals surface area contributed by atoms with E-state index in [9.17, 15) is 4.79 Å². The zero-order valence-electron chi connectivity index (χ0n) is 10.0. The quantitative estimate of drug-likeness (QED) is 0.902. The summed E-state index contributed by atoms with van der Waals surface area (Å²) in [5.74, 6) is 0.551. The minimum Gasteiger partial charge on any atom is -0.494 e. The Hall–Kier alpha value is -0.780. The van der Waals surface area contributed by atoms with Gasteiger partial charge in [-0.05, 0) is 28.1 Å². The molecular formula is C12H14BrClN2O2. The summed E-state index contributed by atoms with van der Waals surface area (Å²) in [5, 5.41) is 3.65. The fourth-order valence-corrected chi connectivity index (χ4v) is 2.96. The first-order valence-electron chi connectivity index (χ1n) is 5.66. The summed E-state index contributed by atoms with van der Waals surface area (Å²) >= 11 is 9.44. The van der Waals surface area contributed by atoms with Crippen LogP contribution >= 0.6 is 27.5 Å². The number of benzene rings is 1. The molecule has 0 saturated carbocycles. The van der Waals surface area contributed by atoms with Crippen LogP contribution in [0, 0.1) is 0 Å². The minimum absolute atomic E-state index is 0.00162. The molecule has 1 N–H and O–H groups in total. The van der Waals surface area contributed by atoms with Crippen molar-refractivity contribution in [3.05, 3.63) is 27.2 Å². The van der Waals surface area contributed by atoms with Crippen LogP contribution in [0.2, 0.25) is 5.02 Å². The highest BCUT2D eigenvalue weighted by Gasteiger charge is 2.20. The van der Waals surface area contributed by atoms with Crippen LogP contribution in [0.15, 0.2) is 16.6 Å². The molecule has 0 radical (unpaired) electrons. The third-order valence-corrected chi connectivity index (χ3v) is 3.72. The first-order valence-corrected chi connectivity index (χ1v) is 6.83. The van der Waals surface area contributed by atoms with Crippen LogP contribution in [-0.2, 0) is 0 Å². The SMILES string of the molecule is COc1c(Cl)cc(C(=O)N2CCNCC2)cc1Br. The van der Waals surface area contributed by atoms with Gasteiger partial charge in [0.15, 0.2) is 5.75 Å². The predicted octanol–water partition coefficient (Wildman–Crippen LogP) is 2.16. The zero-order chi connectivity index (χ0) is 13.1. The lowest BCUT2D eigenvalue weighted by molar-refractivity contribution is 0.0735. The van der Waals surface area contributed by atoms with Crippen LogP contribution in [0.25, 0.3) is 0 Å². The van der Waals surface area contributed by atoms with Crippen LogP contribution in [0.4, 0.5) is 0 Å². The van der Waals surface area contributed by atoms with E-state index < -0.39 is 0 Å². The standard InChI is InChI=1S/C12H14BrClN2O2/c1-18-11-9(13)6-8(7-10(11)14)12(17)16-4-2-15-3-5-16/h6-7,15H,2-5H2,1H3. The second-order valence-electron chi connectivity index (χ2n) is 4.02. The Morgan fingerprint density at radius 3 is 2.67 bits per heavy atom. The molecule has 18 heavy (non-hydrogen) atoms. The predicted molar refractivity (Wildman–Crippen MR) is 74.5 cm³/mol. The Kier molecular flexibility index (Phi) is 4.48. The van der Waals surface area contributed by atoms with Gasteiger partial charge in [0, 0.05) is 31.7 Å². The topological polar surface area (TPSA) is 41.6 Å². The molecule has 1 fully saturated rings. The van der Waals surface area contributed by atoms with E-state index in [1.807, 2.05) is 4.90 Å². The highest BCUT2D eigenvalue weighted by atomic mass is 79.9. The molecule has 0 aromatic heterocycles. The first kappa shape index (κ1) is 13.6. The fraction of sp³-hybridized carbons (Fsp3) is 0.417. The Balaban J connectivity index is 2.25. The summed E-state index contributed by atoms with van der Waals surface area (Å²) in [6.45, 7) is 3.10. The van der Waals surface area contributed by atoms with Crippen LogP contribution in [-0.4, -0.2) is 44.1 Å². The van der Waals surface area contributed by atoms with Gasteiger partial charge in [-0.3, -0.25) is 4.79 Å². The van der Waals surface area contributed by atoms with Crippen molar-refractivity contribution >= 4 is 33.4 Å². The highest BCUT2D eigenvalue weighted by Crippen LogP contribution is 2.34. The van der Waals surface area contributed by atoms with E-state index in [2.05, 4.69) is 21.2 Å². The molecule has 1 amide bonds. The van der Waals surface area contributed by atoms with E-state index >= 15 is 0 Å². The molecule has 0 aliphatic carbocycles. The lowest BCUT2D eigenvalue weighted by Crippen LogP contribution is -2.46. The summed E-state index contributed by atoms with van der Waals surface area (Å²) in [6, 6.07) is 3.39. The normalized spacial score (nSPS) is 15.6. The van der Waals surface area contributed by atoms with Crippen LogP contribution < -0.4 is 10.1 Å². The van der Waals surface area contributed by atoms with Crippen LogP contribution in [0.3, 0.4) is 0 Å². The van der Waals surface area contributed by atoms with E-state index in [-0.39, 0.29) is 5.91 Å². The molecule has 1 aromatic rings. The second-order valence-corrected chi connectivity index (χ2v) is 5.28. The number of amides is 1. The third kappa shape index (κ3) is 2.79. The first-order chi connectivity index (χ1) is 8.63. The van der Waals surface area contributed by atoms with Gasteiger partial charge < -0.3 is 15.0 Å². The fourth-order valence-electron chi connectivity index (χ4n) is 1.93. The maximum absolute atomic E-state index is 12.3. The van der Waals surface area contributed by atoms with Crippen molar-refractivity contribution in [3.8, 4) is 5.75 Å². The van der Waals surface area contributed by atoms with Gasteiger partial charge in [0.25, 0.3) is 5.91 Å². The van der Waals surface area contributed by atoms with E-state index in [0.717, 1.165) is 26.2 Å². The molecule has 4 nitrogen and oxygen atoms in total. The number of carbonyl (C=O) groups excluding carboxylic acids is 1. The van der Waals surface area contributed by atoms with Crippen molar-refractivity contribution in [2.45, 2.75) is 0 Å². The zero-order valence-corrected chi connectivity index (χ0v) is 12.3. The molecule has 2 rings (SSSR count). The van der Waals surface area contributed by atoms with Crippen molar-refractivity contribution < 1.29 is 9.53 Å². The number of carbonyl (C=O) groups is 1. The molecular weight excluding hydrogens is 320 g/mol. The van der Waals surface area contributed by atoms with Crippen molar-refractivity contribution in [3.63, 3.8) is 0 Å². The van der Waals surface area contributed by atoms with Crippen LogP contribution in [0.5, 0.6) is 5.75 Å². The average Bonchev–Trinajstić information content (AvgIpc) is 2.38. The van der Waals surface area contributed by atoms with Gasteiger partial charge in [0.05, 0.1) is 16.6 Å². The molecule has 1 heterocycles. The number of rotatable bonds is 2. The Morgan fingerprint density at radius 2 is 2.11 bits per heavy atom. The summed E-state index contributed by atoms with van der Waals surface area (Å²) < 4.78 is 5.83. The van der Waals surface area contributed by atoms with Crippen LogP contribution in [0.1, 0.15) is 10.4 Å². The minimum atomic E-state index is 0.00162. The number of piperazine rings is 1. The average molecular weight is 334 g/mol. The summed E-state index contributed by atoms with van der Waals surface area (Å²) in [6.07, 6.45) is 0.